The van der Waals surface area contributed by atoms with Crippen molar-refractivity contribution in [1.82, 2.24) is 0 Å². The van der Waals surface area contributed by atoms with E-state index in [4.69, 9.17) is 0 Å². The van der Waals surface area contributed by atoms with E-state index >= 15 is 0 Å². The Labute approximate surface area is 175 Å². The second kappa shape index (κ2) is 7.44. The van der Waals surface area contributed by atoms with Crippen LogP contribution in [0, 0.1) is 0 Å². The monoisotopic (exact) mass is 474 g/mol. The Bertz CT molecular complexity index is 678. The second-order valence-corrected chi connectivity index (χ2v) is 31.6. The lowest BCUT2D eigenvalue weighted by Crippen LogP contribution is -2.83. The van der Waals surface area contributed by atoms with Crippen LogP contribution in [0.1, 0.15) is 83.1 Å². The molecule has 0 aromatic rings. The summed E-state index contributed by atoms with van der Waals surface area (Å²) in [6.07, 6.45) is 0. The SMILES string of the molecule is CC(C)(C)[Si](CS(=O)(=O)O)(C(C)(C)C)[Si](CS(=O)(=O)O)(C(C)(C)C)C(C)(C)C. The quantitative estimate of drug-likeness (QED) is 0.428. The summed E-state index contributed by atoms with van der Waals surface area (Å²) >= 11 is 0. The second-order valence-electron chi connectivity index (χ2n) is 12.3. The molecule has 6 nitrogen and oxygen atoms in total. The van der Waals surface area contributed by atoms with Crippen molar-refractivity contribution in [2.45, 2.75) is 103 Å². The van der Waals surface area contributed by atoms with E-state index in [1.54, 1.807) is 0 Å². The Morgan fingerprint density at radius 3 is 0.714 bits per heavy atom. The first kappa shape index (κ1) is 28.3. The summed E-state index contributed by atoms with van der Waals surface area (Å²) in [5, 5.41) is -3.00. The van der Waals surface area contributed by atoms with Gasteiger partial charge in [0.15, 0.2) is 0 Å². The van der Waals surface area contributed by atoms with Gasteiger partial charge in [-0.3, -0.25) is 9.11 Å². The summed E-state index contributed by atoms with van der Waals surface area (Å²) in [4.78, 5) is 0. The van der Waals surface area contributed by atoms with Gasteiger partial charge in [0.25, 0.3) is 20.2 Å². The van der Waals surface area contributed by atoms with Crippen molar-refractivity contribution in [2.75, 3.05) is 10.8 Å². The predicted molar refractivity (Wildman–Crippen MR) is 123 cm³/mol. The molecule has 170 valence electrons. The number of rotatable bonds is 5. The fourth-order valence-electron chi connectivity index (χ4n) is 6.47. The van der Waals surface area contributed by atoms with E-state index in [0.717, 1.165) is 0 Å². The maximum Gasteiger partial charge on any atom is 0.262 e. The molecular weight excluding hydrogens is 432 g/mol. The van der Waals surface area contributed by atoms with E-state index in [1.165, 1.54) is 0 Å². The van der Waals surface area contributed by atoms with E-state index in [-0.39, 0.29) is 0 Å². The van der Waals surface area contributed by atoms with Crippen molar-refractivity contribution in [2.24, 2.45) is 0 Å². The third-order valence-electron chi connectivity index (χ3n) is 6.65. The highest BCUT2D eigenvalue weighted by Crippen LogP contribution is 2.67. The topological polar surface area (TPSA) is 109 Å². The molecule has 0 aliphatic rings. The summed E-state index contributed by atoms with van der Waals surface area (Å²) in [5.74, 6) is 0. The molecule has 0 atom stereocenters. The van der Waals surface area contributed by atoms with Crippen molar-refractivity contribution in [3.8, 4) is 0 Å². The van der Waals surface area contributed by atoms with Crippen LogP contribution < -0.4 is 0 Å². The third-order valence-corrected chi connectivity index (χ3v) is 40.7. The van der Waals surface area contributed by atoms with Gasteiger partial charge in [0, 0.05) is 0 Å². The zero-order valence-corrected chi connectivity index (χ0v) is 23.4. The molecule has 0 saturated carbocycles. The van der Waals surface area contributed by atoms with E-state index < -0.39 is 66.3 Å². The van der Waals surface area contributed by atoms with Gasteiger partial charge < -0.3 is 0 Å². The van der Waals surface area contributed by atoms with Gasteiger partial charge in [0.2, 0.25) is 0 Å². The van der Waals surface area contributed by atoms with Crippen molar-refractivity contribution < 1.29 is 25.9 Å². The van der Waals surface area contributed by atoms with Crippen molar-refractivity contribution >= 4 is 35.4 Å². The van der Waals surface area contributed by atoms with Crippen LogP contribution in [0.15, 0.2) is 0 Å². The molecular formula is C18H42O6S2Si2. The Balaban J connectivity index is 8.07. The van der Waals surface area contributed by atoms with Crippen LogP contribution in [-0.2, 0) is 20.2 Å². The average molecular weight is 475 g/mol. The van der Waals surface area contributed by atoms with Crippen LogP contribution in [0.3, 0.4) is 0 Å². The zero-order valence-electron chi connectivity index (χ0n) is 19.8. The van der Waals surface area contributed by atoms with Gasteiger partial charge in [-0.15, -0.1) is 0 Å². The summed E-state index contributed by atoms with van der Waals surface area (Å²) in [5.41, 5.74) is 0. The molecule has 2 N–H and O–H groups in total. The van der Waals surface area contributed by atoms with E-state index in [2.05, 4.69) is 0 Å². The molecule has 10 heteroatoms. The van der Waals surface area contributed by atoms with Crippen molar-refractivity contribution in [3.05, 3.63) is 0 Å². The minimum atomic E-state index is -4.39. The zero-order chi connectivity index (χ0) is 23.4. The minimum absolute atomic E-state index is 0.413. The lowest BCUT2D eigenvalue weighted by molar-refractivity contribution is 0.480. The van der Waals surface area contributed by atoms with Crippen LogP contribution in [0.5, 0.6) is 0 Å². The van der Waals surface area contributed by atoms with Gasteiger partial charge in [-0.05, 0) is 20.2 Å². The number of hydrogen-bond donors (Lipinski definition) is 2. The fraction of sp³-hybridized carbons (Fsp3) is 1.00. The lowest BCUT2D eigenvalue weighted by Gasteiger charge is -2.69. The molecule has 0 heterocycles. The molecule has 0 aromatic carbocycles. The van der Waals surface area contributed by atoms with Gasteiger partial charge in [0.05, 0.1) is 25.9 Å². The third kappa shape index (κ3) is 5.11. The standard InChI is InChI=1S/C18H42O6S2Si2/c1-15(2,3)27(16(4,5)6,13-25(19,20)21)28(17(7,8)9,18(10,11)12)14-26(22,23)24/h13-14H2,1-12H3,(H,19,20,21)(H,22,23,24). The molecule has 0 radical (unpaired) electrons. The molecule has 0 amide bonds. The minimum Gasteiger partial charge on any atom is -0.286 e. The first-order valence-electron chi connectivity index (χ1n) is 9.57. The Morgan fingerprint density at radius 2 is 0.643 bits per heavy atom. The van der Waals surface area contributed by atoms with E-state index in [1.807, 2.05) is 83.1 Å². The van der Waals surface area contributed by atoms with Gasteiger partial charge in [-0.1, -0.05) is 83.1 Å². The predicted octanol–water partition coefficient (Wildman–Crippen LogP) is 5.02. The van der Waals surface area contributed by atoms with Gasteiger partial charge >= 0.3 is 0 Å². The molecule has 28 heavy (non-hydrogen) atoms. The van der Waals surface area contributed by atoms with Gasteiger partial charge in [-0.2, -0.15) is 16.8 Å². The molecule has 0 bridgehead atoms. The van der Waals surface area contributed by atoms with Gasteiger partial charge in [0.1, 0.15) is 0 Å². The highest BCUT2D eigenvalue weighted by atomic mass is 32.2. The van der Waals surface area contributed by atoms with Crippen molar-refractivity contribution in [3.63, 3.8) is 0 Å². The highest BCUT2D eigenvalue weighted by molar-refractivity contribution is 7.92. The average Bonchev–Trinajstić information content (AvgIpc) is 2.24. The molecule has 0 aromatic heterocycles. The van der Waals surface area contributed by atoms with Crippen LogP contribution in [-0.4, -0.2) is 51.9 Å². The molecule has 0 aliphatic carbocycles. The summed E-state index contributed by atoms with van der Waals surface area (Å²) in [6.45, 7) is 23.7. The molecule has 0 spiro atoms. The first-order chi connectivity index (χ1) is 11.7. The van der Waals surface area contributed by atoms with Gasteiger partial charge in [-0.25, -0.2) is 0 Å². The molecule has 0 fully saturated rings. The van der Waals surface area contributed by atoms with E-state index in [9.17, 15) is 25.9 Å². The Kier molecular flexibility index (Phi) is 7.51. The highest BCUT2D eigenvalue weighted by Gasteiger charge is 2.74. The molecule has 0 unspecified atom stereocenters. The van der Waals surface area contributed by atoms with E-state index in [0.29, 0.717) is 0 Å². The van der Waals surface area contributed by atoms with Crippen molar-refractivity contribution in [1.29, 1.82) is 0 Å². The first-order valence-corrected chi connectivity index (χ1v) is 18.2. The summed E-state index contributed by atoms with van der Waals surface area (Å²) in [7, 11) is -15.2. The summed E-state index contributed by atoms with van der Waals surface area (Å²) < 4.78 is 69.8. The Morgan fingerprint density at radius 1 is 0.500 bits per heavy atom. The van der Waals surface area contributed by atoms with Crippen LogP contribution in [0.4, 0.5) is 0 Å². The molecule has 0 saturated heterocycles. The lowest BCUT2D eigenvalue weighted by atomic mass is 10.2. The normalized spacial score (nSPS) is 16.4. The van der Waals surface area contributed by atoms with Crippen LogP contribution in [0.2, 0.25) is 20.2 Å². The fourth-order valence-corrected chi connectivity index (χ4v) is 52.5. The smallest absolute Gasteiger partial charge is 0.262 e. The van der Waals surface area contributed by atoms with Crippen LogP contribution >= 0.6 is 0 Å². The van der Waals surface area contributed by atoms with Crippen LogP contribution in [0.25, 0.3) is 0 Å². The maximum absolute atomic E-state index is 12.4. The summed E-state index contributed by atoms with van der Waals surface area (Å²) in [6, 6.07) is 0. The largest absolute Gasteiger partial charge is 0.286 e. The maximum atomic E-state index is 12.4. The number of hydrogen-bond acceptors (Lipinski definition) is 4. The Hall–Kier alpha value is 0.254. The molecule has 0 aliphatic heterocycles. The molecule has 0 rings (SSSR count).